The minimum absolute atomic E-state index is 0.0724. The summed E-state index contributed by atoms with van der Waals surface area (Å²) in [6, 6.07) is 7.01. The number of rotatable bonds is 3. The zero-order valence-electron chi connectivity index (χ0n) is 16.2. The number of nitrogens with zero attached hydrogens (tertiary/aromatic N) is 2. The zero-order chi connectivity index (χ0) is 21.5. The molecular formula is C20H18BrN3O5. The molecule has 0 bridgehead atoms. The number of methoxy groups -OCH3 is 1. The second-order valence-electron chi connectivity index (χ2n) is 6.48. The van der Waals surface area contributed by atoms with Gasteiger partial charge in [0.15, 0.2) is 11.5 Å². The SMILES string of the molecule is COc1cc([C@@H]2C(C#N)=C(N)Oc3cc(C)n(C)c(=O)c32)cc(Br)c1OC(C)=O. The molecule has 3 rings (SSSR count). The van der Waals surface area contributed by atoms with Crippen molar-refractivity contribution < 1.29 is 19.0 Å². The van der Waals surface area contributed by atoms with Crippen molar-refractivity contribution in [3.63, 3.8) is 0 Å². The largest absolute Gasteiger partial charge is 0.493 e. The Morgan fingerprint density at radius 1 is 1.38 bits per heavy atom. The number of aromatic nitrogens is 1. The highest BCUT2D eigenvalue weighted by Gasteiger charge is 2.35. The van der Waals surface area contributed by atoms with Crippen LogP contribution in [-0.4, -0.2) is 17.6 Å². The van der Waals surface area contributed by atoms with Crippen molar-refractivity contribution >= 4 is 21.9 Å². The molecule has 0 unspecified atom stereocenters. The van der Waals surface area contributed by atoms with E-state index in [4.69, 9.17) is 19.9 Å². The van der Waals surface area contributed by atoms with Crippen molar-refractivity contribution in [2.45, 2.75) is 19.8 Å². The monoisotopic (exact) mass is 459 g/mol. The Hall–Kier alpha value is -3.25. The van der Waals surface area contributed by atoms with E-state index in [1.165, 1.54) is 18.6 Å². The number of carbonyl (C=O) groups excluding carboxylic acids is 1. The number of nitriles is 1. The maximum atomic E-state index is 13.0. The Labute approximate surface area is 175 Å². The Morgan fingerprint density at radius 3 is 2.66 bits per heavy atom. The van der Waals surface area contributed by atoms with Crippen molar-refractivity contribution in [2.24, 2.45) is 12.8 Å². The fourth-order valence-corrected chi connectivity index (χ4v) is 3.76. The Morgan fingerprint density at radius 2 is 2.07 bits per heavy atom. The van der Waals surface area contributed by atoms with Crippen molar-refractivity contribution in [3.8, 4) is 23.3 Å². The topological polar surface area (TPSA) is 117 Å². The highest BCUT2D eigenvalue weighted by molar-refractivity contribution is 9.10. The van der Waals surface area contributed by atoms with Crippen molar-refractivity contribution in [1.82, 2.24) is 4.57 Å². The molecule has 0 saturated carbocycles. The third-order valence-corrected chi connectivity index (χ3v) is 5.27. The summed E-state index contributed by atoms with van der Waals surface area (Å²) in [7, 11) is 3.07. The van der Waals surface area contributed by atoms with Gasteiger partial charge in [0.2, 0.25) is 5.88 Å². The van der Waals surface area contributed by atoms with E-state index in [1.807, 2.05) is 6.07 Å². The van der Waals surface area contributed by atoms with Crippen LogP contribution in [0.15, 0.2) is 38.9 Å². The average molecular weight is 460 g/mol. The van der Waals surface area contributed by atoms with Gasteiger partial charge in [0.1, 0.15) is 17.4 Å². The van der Waals surface area contributed by atoms with E-state index in [-0.39, 0.29) is 34.1 Å². The van der Waals surface area contributed by atoms with Crippen LogP contribution in [0.4, 0.5) is 0 Å². The Kier molecular flexibility index (Phi) is 5.40. The van der Waals surface area contributed by atoms with Crippen LogP contribution in [0.5, 0.6) is 17.2 Å². The quantitative estimate of drug-likeness (QED) is 0.553. The Balaban J connectivity index is 2.32. The van der Waals surface area contributed by atoms with E-state index in [0.29, 0.717) is 21.5 Å². The molecule has 9 heteroatoms. The molecular weight excluding hydrogens is 442 g/mol. The Bertz CT molecular complexity index is 1160. The molecule has 2 heterocycles. The summed E-state index contributed by atoms with van der Waals surface area (Å²) in [6.45, 7) is 3.05. The van der Waals surface area contributed by atoms with Gasteiger partial charge in [-0.25, -0.2) is 0 Å². The van der Waals surface area contributed by atoms with Gasteiger partial charge in [0, 0.05) is 25.7 Å². The second-order valence-corrected chi connectivity index (χ2v) is 7.33. The molecule has 0 radical (unpaired) electrons. The van der Waals surface area contributed by atoms with Crippen LogP contribution >= 0.6 is 15.9 Å². The number of esters is 1. The third-order valence-electron chi connectivity index (χ3n) is 4.68. The number of hydrogen-bond acceptors (Lipinski definition) is 7. The van der Waals surface area contributed by atoms with Gasteiger partial charge in [0.25, 0.3) is 5.56 Å². The number of benzene rings is 1. The summed E-state index contributed by atoms with van der Waals surface area (Å²) in [6.07, 6.45) is 0. The zero-order valence-corrected chi connectivity index (χ0v) is 17.8. The normalized spacial score (nSPS) is 15.2. The fourth-order valence-electron chi connectivity index (χ4n) is 3.22. The summed E-state index contributed by atoms with van der Waals surface area (Å²) in [5.41, 5.74) is 7.32. The van der Waals surface area contributed by atoms with Gasteiger partial charge >= 0.3 is 5.97 Å². The van der Waals surface area contributed by atoms with Crippen molar-refractivity contribution in [2.75, 3.05) is 7.11 Å². The van der Waals surface area contributed by atoms with E-state index in [2.05, 4.69) is 15.9 Å². The number of ether oxygens (including phenoxy) is 3. The number of carbonyl (C=O) groups is 1. The summed E-state index contributed by atoms with van der Waals surface area (Å²) < 4.78 is 18.1. The predicted octanol–water partition coefficient (Wildman–Crippen LogP) is 2.61. The minimum atomic E-state index is -0.778. The lowest BCUT2D eigenvalue weighted by molar-refractivity contribution is -0.132. The van der Waals surface area contributed by atoms with Gasteiger partial charge in [-0.3, -0.25) is 9.59 Å². The lowest BCUT2D eigenvalue weighted by Gasteiger charge is -2.27. The van der Waals surface area contributed by atoms with Crippen molar-refractivity contribution in [1.29, 1.82) is 5.26 Å². The van der Waals surface area contributed by atoms with Crippen LogP contribution in [0.25, 0.3) is 0 Å². The van der Waals surface area contributed by atoms with Gasteiger partial charge in [-0.15, -0.1) is 0 Å². The minimum Gasteiger partial charge on any atom is -0.493 e. The highest BCUT2D eigenvalue weighted by Crippen LogP contribution is 2.45. The van der Waals surface area contributed by atoms with Crippen LogP contribution in [0.2, 0.25) is 0 Å². The lowest BCUT2D eigenvalue weighted by Crippen LogP contribution is -2.31. The van der Waals surface area contributed by atoms with Crippen molar-refractivity contribution in [3.05, 3.63) is 61.3 Å². The first kappa shape index (κ1) is 20.5. The number of allylic oxidation sites excluding steroid dienone is 1. The van der Waals surface area contributed by atoms with Crippen LogP contribution < -0.4 is 25.5 Å². The van der Waals surface area contributed by atoms with Crippen LogP contribution in [0, 0.1) is 18.3 Å². The molecule has 0 aliphatic carbocycles. The first-order chi connectivity index (χ1) is 13.7. The summed E-state index contributed by atoms with van der Waals surface area (Å²) in [5, 5.41) is 9.71. The molecule has 29 heavy (non-hydrogen) atoms. The number of halogens is 1. The molecule has 2 aromatic rings. The molecule has 1 atom stereocenters. The average Bonchev–Trinajstić information content (AvgIpc) is 2.66. The van der Waals surface area contributed by atoms with E-state index < -0.39 is 11.9 Å². The van der Waals surface area contributed by atoms with Gasteiger partial charge in [-0.05, 0) is 40.5 Å². The predicted molar refractivity (Wildman–Crippen MR) is 108 cm³/mol. The van der Waals surface area contributed by atoms with Crippen LogP contribution in [0.3, 0.4) is 0 Å². The third kappa shape index (κ3) is 3.47. The first-order valence-electron chi connectivity index (χ1n) is 8.53. The van der Waals surface area contributed by atoms with Gasteiger partial charge < -0.3 is 24.5 Å². The summed E-state index contributed by atoms with van der Waals surface area (Å²) in [5.74, 6) is -0.609. The number of nitrogens with two attached hydrogens (primary N) is 1. The van der Waals surface area contributed by atoms with Gasteiger partial charge in [-0.2, -0.15) is 5.26 Å². The van der Waals surface area contributed by atoms with Gasteiger partial charge in [-0.1, -0.05) is 0 Å². The molecule has 1 aromatic carbocycles. The standard InChI is InChI=1S/C20H18BrN3O5/c1-9-5-14-17(20(26)24(9)3)16(12(8-22)19(23)29-14)11-6-13(21)18(28-10(2)25)15(7-11)27-4/h5-7,16H,23H2,1-4H3/t16-/m1/s1. The van der Waals surface area contributed by atoms with E-state index in [9.17, 15) is 14.9 Å². The molecule has 0 spiro atoms. The summed E-state index contributed by atoms with van der Waals surface area (Å²) in [4.78, 5) is 24.4. The second kappa shape index (κ2) is 7.64. The molecule has 1 aliphatic heterocycles. The van der Waals surface area contributed by atoms with E-state index in [1.54, 1.807) is 32.2 Å². The molecule has 1 aromatic heterocycles. The smallest absolute Gasteiger partial charge is 0.308 e. The number of aryl methyl sites for hydroxylation is 1. The number of pyridine rings is 1. The first-order valence-corrected chi connectivity index (χ1v) is 9.32. The molecule has 1 aliphatic rings. The molecule has 0 amide bonds. The number of hydrogen-bond donors (Lipinski definition) is 1. The van der Waals surface area contributed by atoms with Crippen LogP contribution in [0.1, 0.15) is 29.7 Å². The maximum absolute atomic E-state index is 13.0. The lowest BCUT2D eigenvalue weighted by atomic mass is 9.84. The number of fused-ring (bicyclic) bond motifs is 1. The van der Waals surface area contributed by atoms with E-state index in [0.717, 1.165) is 0 Å². The van der Waals surface area contributed by atoms with Crippen LogP contribution in [-0.2, 0) is 11.8 Å². The molecule has 0 saturated heterocycles. The molecule has 2 N–H and O–H groups in total. The molecule has 0 fully saturated rings. The highest BCUT2D eigenvalue weighted by atomic mass is 79.9. The molecule has 8 nitrogen and oxygen atoms in total. The molecule has 150 valence electrons. The fraction of sp³-hybridized carbons (Fsp3) is 0.250. The maximum Gasteiger partial charge on any atom is 0.308 e. The van der Waals surface area contributed by atoms with Gasteiger partial charge in [0.05, 0.1) is 23.1 Å². The van der Waals surface area contributed by atoms with E-state index >= 15 is 0 Å². The summed E-state index contributed by atoms with van der Waals surface area (Å²) >= 11 is 3.37.